The molecule has 0 aliphatic rings. The van der Waals surface area contributed by atoms with Crippen LogP contribution in [0.1, 0.15) is 16.3 Å². The third-order valence-corrected chi connectivity index (χ3v) is 5.95. The molecule has 0 N–H and O–H groups in total. The summed E-state index contributed by atoms with van der Waals surface area (Å²) in [6.45, 7) is 2.03. The Morgan fingerprint density at radius 2 is 1.72 bits per heavy atom. The number of hydrogen-bond acceptors (Lipinski definition) is 4. The Hall–Kier alpha value is -2.37. The molecule has 2 heterocycles. The molecule has 0 aliphatic carbocycles. The van der Waals surface area contributed by atoms with Gasteiger partial charge in [0, 0.05) is 17.4 Å². The fourth-order valence-electron chi connectivity index (χ4n) is 2.61. The lowest BCUT2D eigenvalue weighted by Crippen LogP contribution is -1.88. The van der Waals surface area contributed by atoms with Crippen molar-refractivity contribution in [2.45, 2.75) is 13.3 Å². The van der Waals surface area contributed by atoms with Gasteiger partial charge in [-0.15, -0.1) is 22.7 Å². The molecule has 0 radical (unpaired) electrons. The molecule has 4 aromatic rings. The maximum Gasteiger partial charge on any atom is 0.124 e. The van der Waals surface area contributed by atoms with E-state index in [1.165, 1.54) is 12.1 Å². The molecule has 0 saturated carbocycles. The molecule has 124 valence electrons. The number of aromatic nitrogens is 2. The minimum Gasteiger partial charge on any atom is -0.241 e. The third kappa shape index (κ3) is 3.52. The first-order chi connectivity index (χ1) is 12.2. The van der Waals surface area contributed by atoms with Crippen LogP contribution in [-0.2, 0) is 6.42 Å². The van der Waals surface area contributed by atoms with Gasteiger partial charge in [-0.05, 0) is 24.6 Å². The summed E-state index contributed by atoms with van der Waals surface area (Å²) in [4.78, 5) is 10.6. The summed E-state index contributed by atoms with van der Waals surface area (Å²) in [7, 11) is 0. The molecular formula is C20H15FN2S2. The van der Waals surface area contributed by atoms with Crippen LogP contribution in [0.15, 0.2) is 60.0 Å². The van der Waals surface area contributed by atoms with Crippen molar-refractivity contribution in [1.29, 1.82) is 0 Å². The largest absolute Gasteiger partial charge is 0.241 e. The number of benzene rings is 2. The van der Waals surface area contributed by atoms with Crippen molar-refractivity contribution in [3.63, 3.8) is 0 Å². The van der Waals surface area contributed by atoms with Gasteiger partial charge in [0.1, 0.15) is 10.8 Å². The molecule has 0 amide bonds. The molecule has 2 nitrogen and oxygen atoms in total. The normalized spacial score (nSPS) is 11.0. The van der Waals surface area contributed by atoms with E-state index in [0.29, 0.717) is 6.42 Å². The zero-order valence-electron chi connectivity index (χ0n) is 13.6. The maximum absolute atomic E-state index is 13.0. The van der Waals surface area contributed by atoms with E-state index < -0.39 is 0 Å². The highest BCUT2D eigenvalue weighted by atomic mass is 32.1. The summed E-state index contributed by atoms with van der Waals surface area (Å²) in [6, 6.07) is 16.8. The van der Waals surface area contributed by atoms with Gasteiger partial charge in [-0.1, -0.05) is 42.5 Å². The quantitative estimate of drug-likeness (QED) is 0.444. The van der Waals surface area contributed by atoms with E-state index in [-0.39, 0.29) is 5.82 Å². The lowest BCUT2D eigenvalue weighted by molar-refractivity contribution is 0.627. The van der Waals surface area contributed by atoms with Crippen LogP contribution in [-0.4, -0.2) is 9.97 Å². The van der Waals surface area contributed by atoms with Crippen molar-refractivity contribution in [3.8, 4) is 21.1 Å². The van der Waals surface area contributed by atoms with E-state index in [0.717, 1.165) is 37.4 Å². The van der Waals surface area contributed by atoms with Crippen LogP contribution < -0.4 is 0 Å². The van der Waals surface area contributed by atoms with Gasteiger partial charge in [0.05, 0.1) is 21.3 Å². The fourth-order valence-corrected chi connectivity index (χ4v) is 4.54. The summed E-state index contributed by atoms with van der Waals surface area (Å²) in [6.07, 6.45) is 0.717. The average molecular weight is 366 g/mol. The summed E-state index contributed by atoms with van der Waals surface area (Å²) < 4.78 is 13.0. The van der Waals surface area contributed by atoms with Gasteiger partial charge >= 0.3 is 0 Å². The van der Waals surface area contributed by atoms with E-state index in [9.17, 15) is 4.39 Å². The van der Waals surface area contributed by atoms with Crippen molar-refractivity contribution in [3.05, 3.63) is 82.1 Å². The first-order valence-corrected chi connectivity index (χ1v) is 9.61. The van der Waals surface area contributed by atoms with Crippen LogP contribution in [0.4, 0.5) is 4.39 Å². The van der Waals surface area contributed by atoms with Crippen LogP contribution in [0.25, 0.3) is 21.1 Å². The Bertz CT molecular complexity index is 988. The maximum atomic E-state index is 13.0. The summed E-state index contributed by atoms with van der Waals surface area (Å²) in [5, 5.41) is 4.12. The number of rotatable bonds is 4. The van der Waals surface area contributed by atoms with Crippen LogP contribution in [0, 0.1) is 12.7 Å². The van der Waals surface area contributed by atoms with Gasteiger partial charge in [0.15, 0.2) is 0 Å². The zero-order chi connectivity index (χ0) is 17.2. The molecule has 25 heavy (non-hydrogen) atoms. The molecule has 0 spiro atoms. The monoisotopic (exact) mass is 366 g/mol. The minimum absolute atomic E-state index is 0.211. The second kappa shape index (κ2) is 6.86. The van der Waals surface area contributed by atoms with Crippen molar-refractivity contribution in [2.24, 2.45) is 0 Å². The lowest BCUT2D eigenvalue weighted by atomic mass is 10.1. The molecule has 0 unspecified atom stereocenters. The Morgan fingerprint density at radius 1 is 0.960 bits per heavy atom. The van der Waals surface area contributed by atoms with Gasteiger partial charge < -0.3 is 0 Å². The van der Waals surface area contributed by atoms with Gasteiger partial charge in [0.2, 0.25) is 0 Å². The Kier molecular flexibility index (Phi) is 4.42. The smallest absolute Gasteiger partial charge is 0.124 e. The molecule has 0 saturated heterocycles. The lowest BCUT2D eigenvalue weighted by Gasteiger charge is -1.97. The minimum atomic E-state index is -0.211. The Labute approximate surface area is 153 Å². The molecule has 2 aromatic carbocycles. The van der Waals surface area contributed by atoms with Gasteiger partial charge in [0.25, 0.3) is 0 Å². The molecule has 0 fully saturated rings. The third-order valence-electron chi connectivity index (χ3n) is 3.87. The summed E-state index contributed by atoms with van der Waals surface area (Å²) in [5.74, 6) is -0.211. The fraction of sp³-hybridized carbons (Fsp3) is 0.100. The number of hydrogen-bond donors (Lipinski definition) is 0. The highest BCUT2D eigenvalue weighted by Crippen LogP contribution is 2.35. The number of thiazole rings is 2. The standard InChI is InChI=1S/C20H15FN2S2/c1-13-19(25-20(22-13)15-5-3-2-4-6-15)17-12-24-18(23-17)11-14-7-9-16(21)10-8-14/h2-10,12H,11H2,1H3. The van der Waals surface area contributed by atoms with Crippen LogP contribution >= 0.6 is 22.7 Å². The number of halogens is 1. The predicted molar refractivity (Wildman–Crippen MR) is 103 cm³/mol. The van der Waals surface area contributed by atoms with E-state index in [4.69, 9.17) is 9.97 Å². The highest BCUT2D eigenvalue weighted by Gasteiger charge is 2.14. The van der Waals surface area contributed by atoms with Crippen LogP contribution in [0.5, 0.6) is 0 Å². The van der Waals surface area contributed by atoms with Gasteiger partial charge in [-0.3, -0.25) is 0 Å². The zero-order valence-corrected chi connectivity index (χ0v) is 15.2. The average Bonchev–Trinajstić information content (AvgIpc) is 3.24. The van der Waals surface area contributed by atoms with E-state index in [2.05, 4.69) is 17.5 Å². The number of nitrogens with zero attached hydrogens (tertiary/aromatic N) is 2. The summed E-state index contributed by atoms with van der Waals surface area (Å²) in [5.41, 5.74) is 4.17. The van der Waals surface area contributed by atoms with Crippen molar-refractivity contribution in [2.75, 3.05) is 0 Å². The van der Waals surface area contributed by atoms with Crippen molar-refractivity contribution >= 4 is 22.7 Å². The molecule has 2 aromatic heterocycles. The van der Waals surface area contributed by atoms with Crippen LogP contribution in [0.3, 0.4) is 0 Å². The van der Waals surface area contributed by atoms with E-state index in [1.54, 1.807) is 22.7 Å². The topological polar surface area (TPSA) is 25.8 Å². The Balaban J connectivity index is 1.60. The first-order valence-electron chi connectivity index (χ1n) is 7.91. The van der Waals surface area contributed by atoms with E-state index in [1.807, 2.05) is 37.3 Å². The predicted octanol–water partition coefficient (Wildman–Crippen LogP) is 5.97. The van der Waals surface area contributed by atoms with Crippen molar-refractivity contribution in [1.82, 2.24) is 9.97 Å². The van der Waals surface area contributed by atoms with Gasteiger partial charge in [-0.25, -0.2) is 14.4 Å². The SMILES string of the molecule is Cc1nc(-c2ccccc2)sc1-c1csc(Cc2ccc(F)cc2)n1. The van der Waals surface area contributed by atoms with Crippen LogP contribution in [0.2, 0.25) is 0 Å². The molecule has 0 atom stereocenters. The molecule has 5 heteroatoms. The molecular weight excluding hydrogens is 351 g/mol. The molecule has 4 rings (SSSR count). The summed E-state index contributed by atoms with van der Waals surface area (Å²) >= 11 is 3.30. The first kappa shape index (κ1) is 16.1. The second-order valence-corrected chi connectivity index (χ2v) is 7.67. The molecule has 0 aliphatic heterocycles. The van der Waals surface area contributed by atoms with Crippen molar-refractivity contribution < 1.29 is 4.39 Å². The van der Waals surface area contributed by atoms with Gasteiger partial charge in [-0.2, -0.15) is 0 Å². The second-order valence-electron chi connectivity index (χ2n) is 5.73. The Morgan fingerprint density at radius 3 is 2.48 bits per heavy atom. The number of aryl methyl sites for hydroxylation is 1. The van der Waals surface area contributed by atoms with E-state index >= 15 is 0 Å². The molecule has 0 bridgehead atoms. The highest BCUT2D eigenvalue weighted by molar-refractivity contribution is 7.19.